The Bertz CT molecular complexity index is 582. The van der Waals surface area contributed by atoms with E-state index < -0.39 is 23.1 Å². The Morgan fingerprint density at radius 2 is 1.79 bits per heavy atom. The van der Waals surface area contributed by atoms with Gasteiger partial charge in [0.2, 0.25) is 16.0 Å². The molecule has 0 aliphatic carbocycles. The van der Waals surface area contributed by atoms with Crippen molar-refractivity contribution < 1.29 is 8.42 Å². The number of aromatic nitrogens is 2. The Balaban J connectivity index is 3.05. The minimum absolute atomic E-state index is 0.153. The zero-order valence-corrected chi connectivity index (χ0v) is 11.1. The van der Waals surface area contributed by atoms with Crippen molar-refractivity contribution in [2.45, 2.75) is 11.8 Å². The standard InChI is InChI=1S/C10H12N6O2S/c1-2-13-10-14-7-9(8-15-10)19(17,18)16(5-3-11)6-4-12/h7-8H,2,5-6H2,1H3,(H,13,14,15). The number of nitrogens with one attached hydrogen (secondary N) is 1. The van der Waals surface area contributed by atoms with E-state index in [1.807, 2.05) is 6.92 Å². The Hall–Kier alpha value is -2.23. The van der Waals surface area contributed by atoms with E-state index in [9.17, 15) is 8.42 Å². The topological polar surface area (TPSA) is 123 Å². The molecule has 1 rings (SSSR count). The van der Waals surface area contributed by atoms with Crippen molar-refractivity contribution in [1.82, 2.24) is 14.3 Å². The monoisotopic (exact) mass is 280 g/mol. The van der Waals surface area contributed by atoms with Crippen LogP contribution in [0.3, 0.4) is 0 Å². The van der Waals surface area contributed by atoms with Gasteiger partial charge >= 0.3 is 0 Å². The quantitative estimate of drug-likeness (QED) is 0.724. The number of rotatable bonds is 6. The summed E-state index contributed by atoms with van der Waals surface area (Å²) in [5.41, 5.74) is 0. The molecule has 1 aromatic rings. The van der Waals surface area contributed by atoms with E-state index in [0.717, 1.165) is 16.7 Å². The molecule has 0 radical (unpaired) electrons. The molecule has 0 aliphatic heterocycles. The van der Waals surface area contributed by atoms with Crippen LogP contribution in [-0.4, -0.2) is 42.3 Å². The smallest absolute Gasteiger partial charge is 0.248 e. The molecule has 1 heterocycles. The fourth-order valence-electron chi connectivity index (χ4n) is 1.23. The molecule has 100 valence electrons. The van der Waals surface area contributed by atoms with Gasteiger partial charge in [-0.3, -0.25) is 0 Å². The molecule has 0 unspecified atom stereocenters. The summed E-state index contributed by atoms with van der Waals surface area (Å²) < 4.78 is 25.0. The summed E-state index contributed by atoms with van der Waals surface area (Å²) in [6, 6.07) is 3.41. The van der Waals surface area contributed by atoms with E-state index in [1.54, 1.807) is 12.1 Å². The van der Waals surface area contributed by atoms with Crippen LogP contribution in [0.25, 0.3) is 0 Å². The molecule has 0 saturated carbocycles. The average molecular weight is 280 g/mol. The molecule has 1 N–H and O–H groups in total. The Morgan fingerprint density at radius 3 is 2.21 bits per heavy atom. The second kappa shape index (κ2) is 6.64. The fraction of sp³-hybridized carbons (Fsp3) is 0.400. The normalized spacial score (nSPS) is 10.7. The second-order valence-corrected chi connectivity index (χ2v) is 5.30. The zero-order valence-electron chi connectivity index (χ0n) is 10.2. The highest BCUT2D eigenvalue weighted by Gasteiger charge is 2.24. The Kier molecular flexibility index (Phi) is 5.18. The molecule has 19 heavy (non-hydrogen) atoms. The number of sulfonamides is 1. The van der Waals surface area contributed by atoms with Gasteiger partial charge < -0.3 is 5.32 Å². The summed E-state index contributed by atoms with van der Waals surface area (Å²) >= 11 is 0. The molecule has 0 aliphatic rings. The molecule has 0 bridgehead atoms. The predicted octanol–water partition coefficient (Wildman–Crippen LogP) is -0.0537. The number of hydrogen-bond donors (Lipinski definition) is 1. The third kappa shape index (κ3) is 3.61. The first-order chi connectivity index (χ1) is 9.06. The molecule has 0 atom stereocenters. The fourth-order valence-corrected chi connectivity index (χ4v) is 2.36. The lowest BCUT2D eigenvalue weighted by molar-refractivity contribution is 0.479. The minimum atomic E-state index is -3.92. The Morgan fingerprint density at radius 1 is 1.26 bits per heavy atom. The highest BCUT2D eigenvalue weighted by atomic mass is 32.2. The van der Waals surface area contributed by atoms with Gasteiger partial charge in [0, 0.05) is 6.54 Å². The third-order valence-electron chi connectivity index (χ3n) is 2.09. The Labute approximate surface area is 111 Å². The van der Waals surface area contributed by atoms with Crippen molar-refractivity contribution in [3.05, 3.63) is 12.4 Å². The van der Waals surface area contributed by atoms with Crippen LogP contribution >= 0.6 is 0 Å². The SMILES string of the molecule is CCNc1ncc(S(=O)(=O)N(CC#N)CC#N)cn1. The summed E-state index contributed by atoms with van der Waals surface area (Å²) in [4.78, 5) is 7.53. The van der Waals surface area contributed by atoms with Gasteiger partial charge in [-0.1, -0.05) is 0 Å². The molecule has 9 heteroatoms. The van der Waals surface area contributed by atoms with E-state index in [4.69, 9.17) is 10.5 Å². The van der Waals surface area contributed by atoms with Crippen LogP contribution in [0.15, 0.2) is 17.3 Å². The van der Waals surface area contributed by atoms with Crippen molar-refractivity contribution in [1.29, 1.82) is 10.5 Å². The molecule has 0 aromatic carbocycles. The maximum atomic E-state index is 12.1. The highest BCUT2D eigenvalue weighted by Crippen LogP contribution is 2.13. The predicted molar refractivity (Wildman–Crippen MR) is 66.2 cm³/mol. The van der Waals surface area contributed by atoms with Crippen molar-refractivity contribution in [3.8, 4) is 12.1 Å². The molecule has 8 nitrogen and oxygen atoms in total. The highest BCUT2D eigenvalue weighted by molar-refractivity contribution is 7.89. The molecular weight excluding hydrogens is 268 g/mol. The van der Waals surface area contributed by atoms with E-state index in [2.05, 4.69) is 15.3 Å². The minimum Gasteiger partial charge on any atom is -0.355 e. The second-order valence-electron chi connectivity index (χ2n) is 3.36. The van der Waals surface area contributed by atoms with Gasteiger partial charge in [0.25, 0.3) is 0 Å². The number of nitriles is 2. The van der Waals surface area contributed by atoms with E-state index in [1.165, 1.54) is 0 Å². The number of anilines is 1. The van der Waals surface area contributed by atoms with Crippen LogP contribution in [0.5, 0.6) is 0 Å². The summed E-state index contributed by atoms with van der Waals surface area (Å²) in [5, 5.41) is 20.0. The van der Waals surface area contributed by atoms with E-state index in [0.29, 0.717) is 12.5 Å². The lowest BCUT2D eigenvalue weighted by Gasteiger charge is -2.15. The van der Waals surface area contributed by atoms with Gasteiger partial charge in [-0.25, -0.2) is 18.4 Å². The van der Waals surface area contributed by atoms with Crippen molar-refractivity contribution in [2.24, 2.45) is 0 Å². The van der Waals surface area contributed by atoms with Crippen LogP contribution in [0.1, 0.15) is 6.92 Å². The van der Waals surface area contributed by atoms with Crippen molar-refractivity contribution >= 4 is 16.0 Å². The molecular formula is C10H12N6O2S. The molecule has 0 saturated heterocycles. The number of hydrogen-bond acceptors (Lipinski definition) is 7. The van der Waals surface area contributed by atoms with Gasteiger partial charge in [0.1, 0.15) is 18.0 Å². The van der Waals surface area contributed by atoms with Gasteiger partial charge in [-0.2, -0.15) is 14.8 Å². The van der Waals surface area contributed by atoms with Gasteiger partial charge in [0.15, 0.2) is 0 Å². The summed E-state index contributed by atoms with van der Waals surface area (Å²) in [5.74, 6) is 0.313. The van der Waals surface area contributed by atoms with Crippen LogP contribution in [0, 0.1) is 22.7 Å². The largest absolute Gasteiger partial charge is 0.355 e. The first-order valence-corrected chi connectivity index (χ1v) is 6.80. The molecule has 0 spiro atoms. The zero-order chi connectivity index (χ0) is 14.3. The summed E-state index contributed by atoms with van der Waals surface area (Å²) in [6.07, 6.45) is 2.28. The maximum Gasteiger partial charge on any atom is 0.248 e. The van der Waals surface area contributed by atoms with Crippen LogP contribution < -0.4 is 5.32 Å². The molecule has 0 amide bonds. The van der Waals surface area contributed by atoms with Crippen LogP contribution in [0.4, 0.5) is 5.95 Å². The van der Waals surface area contributed by atoms with Crippen molar-refractivity contribution in [3.63, 3.8) is 0 Å². The van der Waals surface area contributed by atoms with Gasteiger partial charge in [-0.05, 0) is 6.92 Å². The van der Waals surface area contributed by atoms with Crippen LogP contribution in [0.2, 0.25) is 0 Å². The molecule has 1 aromatic heterocycles. The molecule has 0 fully saturated rings. The van der Waals surface area contributed by atoms with E-state index >= 15 is 0 Å². The lowest BCUT2D eigenvalue weighted by Crippen LogP contribution is -2.32. The summed E-state index contributed by atoms with van der Waals surface area (Å²) in [6.45, 7) is 1.67. The van der Waals surface area contributed by atoms with Crippen molar-refractivity contribution in [2.75, 3.05) is 25.0 Å². The van der Waals surface area contributed by atoms with Gasteiger partial charge in [-0.15, -0.1) is 0 Å². The van der Waals surface area contributed by atoms with Gasteiger partial charge in [0.05, 0.1) is 24.5 Å². The average Bonchev–Trinajstić information content (AvgIpc) is 2.39. The first kappa shape index (κ1) is 14.8. The third-order valence-corrected chi connectivity index (χ3v) is 3.84. The summed E-state index contributed by atoms with van der Waals surface area (Å²) in [7, 11) is -3.92. The maximum absolute atomic E-state index is 12.1. The van der Waals surface area contributed by atoms with E-state index in [-0.39, 0.29) is 4.90 Å². The first-order valence-electron chi connectivity index (χ1n) is 5.36. The van der Waals surface area contributed by atoms with Crippen LogP contribution in [-0.2, 0) is 10.0 Å². The lowest BCUT2D eigenvalue weighted by atomic mass is 10.6. The number of nitrogens with zero attached hydrogens (tertiary/aromatic N) is 5.